The van der Waals surface area contributed by atoms with E-state index in [0.29, 0.717) is 13.1 Å². The van der Waals surface area contributed by atoms with Gasteiger partial charge in [-0.05, 0) is 13.3 Å². The van der Waals surface area contributed by atoms with Crippen LogP contribution in [0.4, 0.5) is 0 Å². The van der Waals surface area contributed by atoms with Gasteiger partial charge < -0.3 is 4.74 Å². The minimum atomic E-state index is -0.414. The Morgan fingerprint density at radius 3 is 2.85 bits per heavy atom. The summed E-state index contributed by atoms with van der Waals surface area (Å²) in [6.45, 7) is 4.37. The molecule has 0 bridgehead atoms. The van der Waals surface area contributed by atoms with E-state index in [4.69, 9.17) is 4.84 Å². The summed E-state index contributed by atoms with van der Waals surface area (Å²) in [5.74, 6) is -0.289. The molecule has 1 atom stereocenters. The standard InChI is InChI=1S/C8H15NO4/c1-3-4-13-9-8(11)5-7(2)12-6-10/h6-7H,3-5H2,1-2H3,(H,9,11). The lowest BCUT2D eigenvalue weighted by Gasteiger charge is -2.09. The fourth-order valence-corrected chi connectivity index (χ4v) is 0.679. The molecular formula is C8H15NO4. The van der Waals surface area contributed by atoms with Crippen LogP contribution in [0.2, 0.25) is 0 Å². The summed E-state index contributed by atoms with van der Waals surface area (Å²) in [4.78, 5) is 25.6. The second kappa shape index (κ2) is 7.54. The van der Waals surface area contributed by atoms with E-state index in [0.717, 1.165) is 6.42 Å². The monoisotopic (exact) mass is 189 g/mol. The van der Waals surface area contributed by atoms with E-state index >= 15 is 0 Å². The average molecular weight is 189 g/mol. The van der Waals surface area contributed by atoms with Crippen LogP contribution < -0.4 is 5.48 Å². The van der Waals surface area contributed by atoms with Crippen molar-refractivity contribution in [1.29, 1.82) is 0 Å². The fraction of sp³-hybridized carbons (Fsp3) is 0.750. The van der Waals surface area contributed by atoms with Gasteiger partial charge >= 0.3 is 0 Å². The van der Waals surface area contributed by atoms with Crippen molar-refractivity contribution in [2.24, 2.45) is 0 Å². The molecule has 0 aliphatic rings. The van der Waals surface area contributed by atoms with E-state index in [-0.39, 0.29) is 12.3 Å². The van der Waals surface area contributed by atoms with Gasteiger partial charge in [-0.15, -0.1) is 0 Å². The molecule has 76 valence electrons. The van der Waals surface area contributed by atoms with Crippen LogP contribution in [-0.2, 0) is 19.2 Å². The van der Waals surface area contributed by atoms with E-state index in [1.165, 1.54) is 0 Å². The predicted octanol–water partition coefficient (Wildman–Crippen LogP) is 0.396. The highest BCUT2D eigenvalue weighted by atomic mass is 16.6. The Morgan fingerprint density at radius 1 is 1.62 bits per heavy atom. The SMILES string of the molecule is CCCONC(=O)CC(C)OC=O. The molecule has 0 aromatic carbocycles. The molecular weight excluding hydrogens is 174 g/mol. The van der Waals surface area contributed by atoms with Gasteiger partial charge in [-0.2, -0.15) is 0 Å². The molecule has 5 heteroatoms. The number of hydrogen-bond acceptors (Lipinski definition) is 4. The highest BCUT2D eigenvalue weighted by Gasteiger charge is 2.08. The van der Waals surface area contributed by atoms with Gasteiger partial charge in [0.15, 0.2) is 0 Å². The predicted molar refractivity (Wildman–Crippen MR) is 45.6 cm³/mol. The Kier molecular flexibility index (Phi) is 6.91. The maximum atomic E-state index is 11.0. The van der Waals surface area contributed by atoms with E-state index in [1.807, 2.05) is 6.92 Å². The Hall–Kier alpha value is -1.10. The molecule has 0 saturated heterocycles. The quantitative estimate of drug-likeness (QED) is 0.357. The topological polar surface area (TPSA) is 64.6 Å². The molecule has 0 radical (unpaired) electrons. The fourth-order valence-electron chi connectivity index (χ4n) is 0.679. The van der Waals surface area contributed by atoms with Crippen LogP contribution in [0, 0.1) is 0 Å². The molecule has 0 saturated carbocycles. The lowest BCUT2D eigenvalue weighted by atomic mass is 10.3. The summed E-state index contributed by atoms with van der Waals surface area (Å²) >= 11 is 0. The molecule has 1 unspecified atom stereocenters. The Morgan fingerprint density at radius 2 is 2.31 bits per heavy atom. The smallest absolute Gasteiger partial charge is 0.293 e. The molecule has 0 aromatic rings. The first-order valence-electron chi connectivity index (χ1n) is 4.20. The highest BCUT2D eigenvalue weighted by molar-refractivity contribution is 5.75. The van der Waals surface area contributed by atoms with Gasteiger partial charge in [-0.1, -0.05) is 6.92 Å². The normalized spacial score (nSPS) is 11.8. The molecule has 0 aromatic heterocycles. The minimum absolute atomic E-state index is 0.114. The number of carbonyl (C=O) groups is 2. The zero-order chi connectivity index (χ0) is 10.1. The van der Waals surface area contributed by atoms with Gasteiger partial charge in [0.25, 0.3) is 6.47 Å². The first-order valence-corrected chi connectivity index (χ1v) is 4.20. The van der Waals surface area contributed by atoms with E-state index in [2.05, 4.69) is 10.2 Å². The van der Waals surface area contributed by atoms with Crippen molar-refractivity contribution in [3.8, 4) is 0 Å². The summed E-state index contributed by atoms with van der Waals surface area (Å²) in [5.41, 5.74) is 2.24. The number of rotatable bonds is 7. The van der Waals surface area contributed by atoms with Crippen LogP contribution in [0.25, 0.3) is 0 Å². The van der Waals surface area contributed by atoms with Gasteiger partial charge in [0.2, 0.25) is 5.91 Å². The van der Waals surface area contributed by atoms with Crippen LogP contribution in [-0.4, -0.2) is 25.1 Å². The summed E-state index contributed by atoms with van der Waals surface area (Å²) in [6, 6.07) is 0. The molecule has 5 nitrogen and oxygen atoms in total. The number of ether oxygens (including phenoxy) is 1. The van der Waals surface area contributed by atoms with Crippen LogP contribution >= 0.6 is 0 Å². The lowest BCUT2D eigenvalue weighted by Crippen LogP contribution is -2.27. The zero-order valence-electron chi connectivity index (χ0n) is 7.91. The average Bonchev–Trinajstić information content (AvgIpc) is 2.05. The molecule has 1 N–H and O–H groups in total. The first kappa shape index (κ1) is 11.9. The Bertz CT molecular complexity index is 160. The summed E-state index contributed by atoms with van der Waals surface area (Å²) in [6.07, 6.45) is 0.533. The Labute approximate surface area is 77.3 Å². The lowest BCUT2D eigenvalue weighted by molar-refractivity contribution is -0.140. The Balaban J connectivity index is 3.43. The molecule has 13 heavy (non-hydrogen) atoms. The number of amides is 1. The van der Waals surface area contributed by atoms with Crippen molar-refractivity contribution in [3.05, 3.63) is 0 Å². The molecule has 0 spiro atoms. The molecule has 0 fully saturated rings. The van der Waals surface area contributed by atoms with Crippen molar-refractivity contribution in [2.75, 3.05) is 6.61 Å². The second-order valence-electron chi connectivity index (χ2n) is 2.62. The van der Waals surface area contributed by atoms with Crippen molar-refractivity contribution in [3.63, 3.8) is 0 Å². The summed E-state index contributed by atoms with van der Waals surface area (Å²) < 4.78 is 4.52. The van der Waals surface area contributed by atoms with Crippen molar-refractivity contribution >= 4 is 12.4 Å². The van der Waals surface area contributed by atoms with Crippen LogP contribution in [0.3, 0.4) is 0 Å². The molecule has 1 amide bonds. The second-order valence-corrected chi connectivity index (χ2v) is 2.62. The third-order valence-corrected chi connectivity index (χ3v) is 1.25. The summed E-state index contributed by atoms with van der Waals surface area (Å²) in [5, 5.41) is 0. The number of hydroxylamine groups is 1. The van der Waals surface area contributed by atoms with Gasteiger partial charge in [-0.25, -0.2) is 5.48 Å². The van der Waals surface area contributed by atoms with E-state index < -0.39 is 6.10 Å². The molecule has 0 aliphatic carbocycles. The first-order chi connectivity index (χ1) is 6.20. The number of nitrogens with one attached hydrogen (secondary N) is 1. The van der Waals surface area contributed by atoms with E-state index in [9.17, 15) is 9.59 Å². The maximum absolute atomic E-state index is 11.0. The van der Waals surface area contributed by atoms with Gasteiger partial charge in [-0.3, -0.25) is 14.4 Å². The van der Waals surface area contributed by atoms with E-state index in [1.54, 1.807) is 6.92 Å². The highest BCUT2D eigenvalue weighted by Crippen LogP contribution is 1.94. The van der Waals surface area contributed by atoms with Crippen molar-refractivity contribution < 1.29 is 19.2 Å². The third kappa shape index (κ3) is 7.27. The van der Waals surface area contributed by atoms with Crippen molar-refractivity contribution in [1.82, 2.24) is 5.48 Å². The third-order valence-electron chi connectivity index (χ3n) is 1.25. The van der Waals surface area contributed by atoms with Crippen LogP contribution in [0.5, 0.6) is 0 Å². The van der Waals surface area contributed by atoms with Crippen LogP contribution in [0.1, 0.15) is 26.7 Å². The number of carbonyl (C=O) groups excluding carboxylic acids is 2. The van der Waals surface area contributed by atoms with Gasteiger partial charge in [0.05, 0.1) is 13.0 Å². The maximum Gasteiger partial charge on any atom is 0.293 e. The number of hydrogen-bond donors (Lipinski definition) is 1. The largest absolute Gasteiger partial charge is 0.464 e. The van der Waals surface area contributed by atoms with Gasteiger partial charge in [0, 0.05) is 0 Å². The summed E-state index contributed by atoms with van der Waals surface area (Å²) in [7, 11) is 0. The van der Waals surface area contributed by atoms with Crippen LogP contribution in [0.15, 0.2) is 0 Å². The molecule has 0 rings (SSSR count). The van der Waals surface area contributed by atoms with Crippen molar-refractivity contribution in [2.45, 2.75) is 32.8 Å². The zero-order valence-corrected chi connectivity index (χ0v) is 7.91. The molecule has 0 heterocycles. The molecule has 0 aliphatic heterocycles. The minimum Gasteiger partial charge on any atom is -0.464 e. The van der Waals surface area contributed by atoms with Gasteiger partial charge in [0.1, 0.15) is 6.10 Å².